The second-order valence-corrected chi connectivity index (χ2v) is 15.2. The first-order valence-corrected chi connectivity index (χ1v) is 21.0. The van der Waals surface area contributed by atoms with Gasteiger partial charge in [-0.15, -0.1) is 0 Å². The van der Waals surface area contributed by atoms with Crippen molar-refractivity contribution >= 4 is 34.1 Å². The van der Waals surface area contributed by atoms with E-state index in [9.17, 15) is 0 Å². The Hall–Kier alpha value is -8.27. The van der Waals surface area contributed by atoms with E-state index in [1.807, 2.05) is 18.3 Å². The van der Waals surface area contributed by atoms with Crippen LogP contribution >= 0.6 is 0 Å². The van der Waals surface area contributed by atoms with Crippen molar-refractivity contribution in [3.8, 4) is 55.8 Å². The molecule has 0 unspecified atom stereocenters. The summed E-state index contributed by atoms with van der Waals surface area (Å²) in [5.74, 6) is 0. The lowest BCUT2D eigenvalue weighted by Gasteiger charge is -2.34. The Morgan fingerprint density at radius 1 is 0.242 bits per heavy atom. The van der Waals surface area contributed by atoms with Gasteiger partial charge in [0, 0.05) is 40.1 Å². The number of nitrogens with zero attached hydrogens (tertiary/aromatic N) is 3. The van der Waals surface area contributed by atoms with Gasteiger partial charge in [0.2, 0.25) is 0 Å². The van der Waals surface area contributed by atoms with Crippen molar-refractivity contribution < 1.29 is 0 Å². The molecule has 0 amide bonds. The molecule has 0 bridgehead atoms. The Bertz CT molecular complexity index is 3010. The van der Waals surface area contributed by atoms with Gasteiger partial charge in [0.05, 0.1) is 17.1 Å². The predicted molar refractivity (Wildman–Crippen MR) is 261 cm³/mol. The van der Waals surface area contributed by atoms with Crippen LogP contribution in [0.25, 0.3) is 55.8 Å². The second kappa shape index (κ2) is 17.5. The first-order valence-electron chi connectivity index (χ1n) is 21.0. The zero-order valence-electron chi connectivity index (χ0n) is 34.2. The molecule has 0 saturated carbocycles. The topological polar surface area (TPSA) is 19.4 Å². The van der Waals surface area contributed by atoms with Crippen LogP contribution < -0.4 is 9.80 Å². The molecule has 3 heteroatoms. The van der Waals surface area contributed by atoms with Crippen molar-refractivity contribution in [3.63, 3.8) is 0 Å². The van der Waals surface area contributed by atoms with Crippen LogP contribution in [0.3, 0.4) is 0 Å². The molecule has 294 valence electrons. The van der Waals surface area contributed by atoms with Crippen molar-refractivity contribution in [2.24, 2.45) is 0 Å². The highest BCUT2D eigenvalue weighted by Crippen LogP contribution is 2.51. The predicted octanol–water partition coefficient (Wildman–Crippen LogP) is 16.4. The van der Waals surface area contributed by atoms with Crippen molar-refractivity contribution in [3.05, 3.63) is 261 Å². The lowest BCUT2D eigenvalue weighted by Crippen LogP contribution is -2.16. The molecule has 0 aliphatic heterocycles. The van der Waals surface area contributed by atoms with Crippen LogP contribution in [-0.4, -0.2) is 4.98 Å². The number of aromatic nitrogens is 1. The summed E-state index contributed by atoms with van der Waals surface area (Å²) in [6.45, 7) is 0. The maximum atomic E-state index is 4.69. The van der Waals surface area contributed by atoms with Crippen LogP contribution in [0.2, 0.25) is 0 Å². The number of pyridine rings is 1. The minimum Gasteiger partial charge on any atom is -0.310 e. The molecule has 9 aromatic carbocycles. The average Bonchev–Trinajstić information content (AvgIpc) is 3.36. The summed E-state index contributed by atoms with van der Waals surface area (Å²) < 4.78 is 0. The third-order valence-electron chi connectivity index (χ3n) is 11.3. The summed E-state index contributed by atoms with van der Waals surface area (Å²) >= 11 is 0. The molecule has 0 saturated heterocycles. The Morgan fingerprint density at radius 2 is 0.629 bits per heavy atom. The monoisotopic (exact) mass is 793 g/mol. The Labute approximate surface area is 364 Å². The van der Waals surface area contributed by atoms with Crippen molar-refractivity contribution in [2.45, 2.75) is 0 Å². The maximum absolute atomic E-state index is 4.69. The van der Waals surface area contributed by atoms with E-state index in [2.05, 4.69) is 252 Å². The summed E-state index contributed by atoms with van der Waals surface area (Å²) in [5, 5.41) is 0. The third kappa shape index (κ3) is 7.91. The van der Waals surface area contributed by atoms with Gasteiger partial charge in [0.25, 0.3) is 0 Å². The van der Waals surface area contributed by atoms with Crippen molar-refractivity contribution in [1.29, 1.82) is 0 Å². The van der Waals surface area contributed by atoms with Crippen LogP contribution in [0.4, 0.5) is 34.1 Å². The first kappa shape index (κ1) is 38.0. The lowest BCUT2D eigenvalue weighted by atomic mass is 9.92. The maximum Gasteiger partial charge on any atom is 0.0701 e. The molecule has 0 radical (unpaired) electrons. The molecule has 0 fully saturated rings. The number of hydrogen-bond acceptors (Lipinski definition) is 3. The number of rotatable bonds is 11. The van der Waals surface area contributed by atoms with Crippen LogP contribution in [0.1, 0.15) is 0 Å². The van der Waals surface area contributed by atoms with Gasteiger partial charge < -0.3 is 9.80 Å². The van der Waals surface area contributed by atoms with Crippen LogP contribution in [-0.2, 0) is 0 Å². The molecular formula is C59H43N3. The van der Waals surface area contributed by atoms with Crippen molar-refractivity contribution in [2.75, 3.05) is 9.80 Å². The SMILES string of the molecule is c1ccc(-c2ccc(N(c3ccccc3)c3cc(-c4ccccc4)cc(N(c4ccccc4)c4cccc(-c5ccccc5)c4)c3-c3ccc(-c4ccccn4)cc3)cc2)cc1. The highest BCUT2D eigenvalue weighted by Gasteiger charge is 2.26. The number of benzene rings is 9. The zero-order valence-corrected chi connectivity index (χ0v) is 34.2. The largest absolute Gasteiger partial charge is 0.310 e. The normalized spacial score (nSPS) is 10.9. The quantitative estimate of drug-likeness (QED) is 0.130. The molecule has 0 spiro atoms. The highest BCUT2D eigenvalue weighted by molar-refractivity contribution is 6.01. The van der Waals surface area contributed by atoms with Crippen LogP contribution in [0.5, 0.6) is 0 Å². The standard InChI is InChI=1S/C59H43N3/c1-6-19-44(20-7-1)47-36-38-54(39-37-47)61(52-26-12-4-13-27-52)57-42-51(46-23-10-3-11-24-46)43-58(59(57)49-34-32-48(33-35-49)56-31-16-17-40-60-56)62(53-28-14-5-15-29-53)55-30-18-25-50(41-55)45-21-8-2-9-22-45/h1-43H. The smallest absolute Gasteiger partial charge is 0.0701 e. The highest BCUT2D eigenvalue weighted by atomic mass is 15.2. The lowest BCUT2D eigenvalue weighted by molar-refractivity contribution is 1.25. The van der Waals surface area contributed by atoms with Gasteiger partial charge in [0.15, 0.2) is 0 Å². The molecule has 1 aromatic heterocycles. The van der Waals surface area contributed by atoms with E-state index in [1.54, 1.807) is 0 Å². The van der Waals surface area contributed by atoms with Gasteiger partial charge in [-0.3, -0.25) is 4.98 Å². The fourth-order valence-electron chi connectivity index (χ4n) is 8.30. The van der Waals surface area contributed by atoms with E-state index in [4.69, 9.17) is 4.98 Å². The summed E-state index contributed by atoms with van der Waals surface area (Å²) in [7, 11) is 0. The van der Waals surface area contributed by atoms with Gasteiger partial charge in [0.1, 0.15) is 0 Å². The number of anilines is 6. The third-order valence-corrected chi connectivity index (χ3v) is 11.3. The van der Waals surface area contributed by atoms with Gasteiger partial charge >= 0.3 is 0 Å². The molecule has 10 rings (SSSR count). The van der Waals surface area contributed by atoms with Gasteiger partial charge in [-0.05, 0) is 112 Å². The fourth-order valence-corrected chi connectivity index (χ4v) is 8.30. The van der Waals surface area contributed by atoms with E-state index < -0.39 is 0 Å². The fraction of sp³-hybridized carbons (Fsp3) is 0. The van der Waals surface area contributed by atoms with Gasteiger partial charge in [-0.2, -0.15) is 0 Å². The molecule has 0 atom stereocenters. The van der Waals surface area contributed by atoms with E-state index >= 15 is 0 Å². The Morgan fingerprint density at radius 3 is 1.16 bits per heavy atom. The van der Waals surface area contributed by atoms with Gasteiger partial charge in [-0.25, -0.2) is 0 Å². The van der Waals surface area contributed by atoms with Crippen LogP contribution in [0, 0.1) is 0 Å². The minimum absolute atomic E-state index is 0.937. The van der Waals surface area contributed by atoms with Crippen LogP contribution in [0.15, 0.2) is 261 Å². The summed E-state index contributed by atoms with van der Waals surface area (Å²) in [6, 6.07) is 90.9. The molecule has 0 N–H and O–H groups in total. The molecule has 62 heavy (non-hydrogen) atoms. The summed E-state index contributed by atoms with van der Waals surface area (Å²) in [6.07, 6.45) is 1.85. The van der Waals surface area contributed by atoms with E-state index in [0.29, 0.717) is 0 Å². The molecule has 1 heterocycles. The Kier molecular flexibility index (Phi) is 10.7. The molecule has 0 aliphatic rings. The molecular weight excluding hydrogens is 751 g/mol. The average molecular weight is 794 g/mol. The number of hydrogen-bond donors (Lipinski definition) is 0. The summed E-state index contributed by atoms with van der Waals surface area (Å²) in [4.78, 5) is 9.53. The number of para-hydroxylation sites is 2. The van der Waals surface area contributed by atoms with Gasteiger partial charge in [-0.1, -0.05) is 182 Å². The Balaban J connectivity index is 1.28. The minimum atomic E-state index is 0.937. The van der Waals surface area contributed by atoms with E-state index in [0.717, 1.165) is 73.2 Å². The summed E-state index contributed by atoms with van der Waals surface area (Å²) in [5.41, 5.74) is 17.4. The first-order chi connectivity index (χ1) is 30.8. The molecule has 10 aromatic rings. The second-order valence-electron chi connectivity index (χ2n) is 15.2. The van der Waals surface area contributed by atoms with E-state index in [-0.39, 0.29) is 0 Å². The molecule has 3 nitrogen and oxygen atoms in total. The molecule has 0 aliphatic carbocycles. The van der Waals surface area contributed by atoms with Crippen molar-refractivity contribution in [1.82, 2.24) is 4.98 Å². The zero-order chi connectivity index (χ0) is 41.5. The van der Waals surface area contributed by atoms with E-state index in [1.165, 1.54) is 16.7 Å².